The van der Waals surface area contributed by atoms with Gasteiger partial charge >= 0.3 is 0 Å². The molecule has 0 spiro atoms. The first-order valence-electron chi connectivity index (χ1n) is 10.1. The van der Waals surface area contributed by atoms with Crippen LogP contribution in [0.3, 0.4) is 0 Å². The number of hydrogen-bond donors (Lipinski definition) is 1. The van der Waals surface area contributed by atoms with Crippen LogP contribution in [0.5, 0.6) is 0 Å². The number of nitrogens with one attached hydrogen (secondary N) is 1. The molecule has 1 aliphatic heterocycles. The van der Waals surface area contributed by atoms with Crippen LogP contribution in [0.2, 0.25) is 0 Å². The molecule has 3 amide bonds. The van der Waals surface area contributed by atoms with E-state index in [4.69, 9.17) is 0 Å². The highest BCUT2D eigenvalue weighted by atomic mass is 32.1. The summed E-state index contributed by atoms with van der Waals surface area (Å²) in [6.45, 7) is 2.08. The van der Waals surface area contributed by atoms with Gasteiger partial charge in [-0.15, -0.1) is 16.4 Å². The summed E-state index contributed by atoms with van der Waals surface area (Å²) in [6, 6.07) is 14.5. The van der Waals surface area contributed by atoms with Gasteiger partial charge in [0.15, 0.2) is 5.82 Å². The zero-order chi connectivity index (χ0) is 22.2. The normalized spacial score (nSPS) is 13.1. The molecule has 0 aliphatic carbocycles. The third-order valence-corrected chi connectivity index (χ3v) is 6.28. The smallest absolute Gasteiger partial charge is 0.262 e. The van der Waals surface area contributed by atoms with E-state index in [9.17, 15) is 14.4 Å². The minimum atomic E-state index is -0.438. The predicted octanol–water partition coefficient (Wildman–Crippen LogP) is 2.72. The van der Waals surface area contributed by atoms with Crippen molar-refractivity contribution in [3.05, 3.63) is 76.3 Å². The lowest BCUT2D eigenvalue weighted by molar-refractivity contribution is -0.121. The third kappa shape index (κ3) is 3.46. The minimum Gasteiger partial charge on any atom is -0.354 e. The lowest BCUT2D eigenvalue weighted by Crippen LogP contribution is -2.40. The fourth-order valence-electron chi connectivity index (χ4n) is 3.75. The molecule has 1 aliphatic rings. The van der Waals surface area contributed by atoms with Gasteiger partial charge in [0.1, 0.15) is 6.54 Å². The monoisotopic (exact) mass is 445 g/mol. The quantitative estimate of drug-likeness (QED) is 0.461. The van der Waals surface area contributed by atoms with Crippen LogP contribution in [-0.4, -0.2) is 50.3 Å². The molecule has 1 N–H and O–H groups in total. The summed E-state index contributed by atoms with van der Waals surface area (Å²) < 4.78 is 1.79. The van der Waals surface area contributed by atoms with E-state index < -0.39 is 11.8 Å². The number of aryl methyl sites for hydroxylation is 1. The highest BCUT2D eigenvalue weighted by Crippen LogP contribution is 2.24. The molecule has 32 heavy (non-hydrogen) atoms. The van der Waals surface area contributed by atoms with Gasteiger partial charge in [-0.1, -0.05) is 36.4 Å². The predicted molar refractivity (Wildman–Crippen MR) is 120 cm³/mol. The van der Waals surface area contributed by atoms with Crippen LogP contribution in [-0.2, 0) is 11.2 Å². The molecule has 0 saturated heterocycles. The molecule has 2 aromatic carbocycles. The Morgan fingerprint density at radius 3 is 2.34 bits per heavy atom. The average molecular weight is 446 g/mol. The van der Waals surface area contributed by atoms with E-state index in [2.05, 4.69) is 15.4 Å². The summed E-state index contributed by atoms with van der Waals surface area (Å²) in [5.41, 5.74) is 3.69. The molecule has 0 atom stereocenters. The summed E-state index contributed by atoms with van der Waals surface area (Å²) in [5.74, 6) is -0.589. The fourth-order valence-corrected chi connectivity index (χ4v) is 4.60. The second-order valence-corrected chi connectivity index (χ2v) is 8.35. The highest BCUT2D eigenvalue weighted by molar-refractivity contribution is 7.15. The van der Waals surface area contributed by atoms with E-state index in [1.54, 1.807) is 28.8 Å². The van der Waals surface area contributed by atoms with E-state index in [-0.39, 0.29) is 12.5 Å². The Morgan fingerprint density at radius 1 is 1.00 bits per heavy atom. The van der Waals surface area contributed by atoms with Crippen molar-refractivity contribution in [2.24, 2.45) is 0 Å². The number of thiazole rings is 1. The van der Waals surface area contributed by atoms with Crippen LogP contribution in [0.15, 0.2) is 53.9 Å². The Hall–Kier alpha value is -3.85. The highest BCUT2D eigenvalue weighted by Gasteiger charge is 2.36. The number of amides is 3. The van der Waals surface area contributed by atoms with Crippen molar-refractivity contribution in [2.45, 2.75) is 13.3 Å². The zero-order valence-corrected chi connectivity index (χ0v) is 18.1. The van der Waals surface area contributed by atoms with E-state index in [0.717, 1.165) is 26.7 Å². The molecule has 0 bridgehead atoms. The van der Waals surface area contributed by atoms with Crippen LogP contribution in [0, 0.1) is 6.92 Å². The van der Waals surface area contributed by atoms with Gasteiger partial charge in [-0.05, 0) is 24.6 Å². The first-order valence-corrected chi connectivity index (χ1v) is 11.0. The SMILES string of the molecule is Cc1ccccc1-c1nc2scc(CCNC(=O)CN3C(=O)c4ccccc4C3=O)n2n1. The first-order chi connectivity index (χ1) is 15.5. The molecule has 0 fully saturated rings. The first kappa shape index (κ1) is 20.1. The average Bonchev–Trinajstić information content (AvgIpc) is 3.44. The lowest BCUT2D eigenvalue weighted by atomic mass is 10.1. The summed E-state index contributed by atoms with van der Waals surface area (Å²) in [5, 5.41) is 9.38. The number of imide groups is 1. The van der Waals surface area contributed by atoms with Gasteiger partial charge < -0.3 is 5.32 Å². The van der Waals surface area contributed by atoms with Crippen LogP contribution < -0.4 is 5.32 Å². The number of nitrogens with zero attached hydrogens (tertiary/aromatic N) is 4. The van der Waals surface area contributed by atoms with Crippen molar-refractivity contribution < 1.29 is 14.4 Å². The van der Waals surface area contributed by atoms with Gasteiger partial charge in [-0.25, -0.2) is 4.52 Å². The van der Waals surface area contributed by atoms with Crippen molar-refractivity contribution >= 4 is 34.0 Å². The number of carbonyl (C=O) groups excluding carboxylic acids is 3. The van der Waals surface area contributed by atoms with Crippen molar-refractivity contribution in [3.8, 4) is 11.4 Å². The van der Waals surface area contributed by atoms with Crippen LogP contribution >= 0.6 is 11.3 Å². The number of benzene rings is 2. The third-order valence-electron chi connectivity index (χ3n) is 5.42. The molecule has 8 nitrogen and oxygen atoms in total. The van der Waals surface area contributed by atoms with Gasteiger partial charge in [-0.3, -0.25) is 19.3 Å². The van der Waals surface area contributed by atoms with E-state index in [1.807, 2.05) is 36.6 Å². The van der Waals surface area contributed by atoms with Crippen molar-refractivity contribution in [2.75, 3.05) is 13.1 Å². The second-order valence-electron chi connectivity index (χ2n) is 7.51. The number of aromatic nitrogens is 3. The molecule has 0 saturated carbocycles. The van der Waals surface area contributed by atoms with E-state index in [0.29, 0.717) is 29.9 Å². The molecule has 160 valence electrons. The Labute approximate surface area is 187 Å². The zero-order valence-electron chi connectivity index (χ0n) is 17.2. The summed E-state index contributed by atoms with van der Waals surface area (Å²) in [6.07, 6.45) is 0.546. The van der Waals surface area contributed by atoms with Gasteiger partial charge in [0.05, 0.1) is 16.8 Å². The minimum absolute atomic E-state index is 0.299. The second kappa shape index (κ2) is 8.01. The maximum atomic E-state index is 12.4. The van der Waals surface area contributed by atoms with Gasteiger partial charge in [-0.2, -0.15) is 4.98 Å². The van der Waals surface area contributed by atoms with E-state index in [1.165, 1.54) is 11.3 Å². The number of rotatable bonds is 6. The molecule has 0 radical (unpaired) electrons. The molecule has 3 heterocycles. The largest absolute Gasteiger partial charge is 0.354 e. The van der Waals surface area contributed by atoms with Gasteiger partial charge in [0.2, 0.25) is 10.9 Å². The molecular weight excluding hydrogens is 426 g/mol. The summed E-state index contributed by atoms with van der Waals surface area (Å²) >= 11 is 1.49. The van der Waals surface area contributed by atoms with Gasteiger partial charge in [0, 0.05) is 23.9 Å². The summed E-state index contributed by atoms with van der Waals surface area (Å²) in [4.78, 5) is 43.6. The maximum absolute atomic E-state index is 12.4. The van der Waals surface area contributed by atoms with Crippen molar-refractivity contribution in [1.29, 1.82) is 0 Å². The standard InChI is InChI=1S/C23H19N5O3S/c1-14-6-2-3-7-16(14)20-25-23-28(26-20)15(13-32-23)10-11-24-19(29)12-27-21(30)17-8-4-5-9-18(17)22(27)31/h2-9,13H,10-12H2,1H3,(H,24,29). The van der Waals surface area contributed by atoms with Crippen molar-refractivity contribution in [3.63, 3.8) is 0 Å². The number of hydrogen-bond acceptors (Lipinski definition) is 6. The molecule has 5 rings (SSSR count). The maximum Gasteiger partial charge on any atom is 0.262 e. The van der Waals surface area contributed by atoms with Crippen LogP contribution in [0.1, 0.15) is 32.0 Å². The molecular formula is C23H19N5O3S. The Balaban J connectivity index is 1.22. The Morgan fingerprint density at radius 2 is 1.66 bits per heavy atom. The molecule has 2 aromatic heterocycles. The van der Waals surface area contributed by atoms with Gasteiger partial charge in [0.25, 0.3) is 11.8 Å². The fraction of sp³-hybridized carbons (Fsp3) is 0.174. The number of carbonyl (C=O) groups is 3. The topological polar surface area (TPSA) is 96.7 Å². The summed E-state index contributed by atoms with van der Waals surface area (Å²) in [7, 11) is 0. The number of fused-ring (bicyclic) bond motifs is 2. The van der Waals surface area contributed by atoms with Crippen LogP contribution in [0.4, 0.5) is 0 Å². The Kier molecular flexibility index (Phi) is 5.02. The molecule has 9 heteroatoms. The molecule has 4 aromatic rings. The Bertz CT molecular complexity index is 1340. The van der Waals surface area contributed by atoms with Crippen LogP contribution in [0.25, 0.3) is 16.3 Å². The van der Waals surface area contributed by atoms with E-state index >= 15 is 0 Å². The molecule has 0 unspecified atom stereocenters. The lowest BCUT2D eigenvalue weighted by Gasteiger charge is -2.13. The van der Waals surface area contributed by atoms with Crippen molar-refractivity contribution in [1.82, 2.24) is 24.8 Å².